The standard InChI is InChI=1S/C21H24ClFN2O2/c22-19-7-4-8-20(23)18(19)15-25-12-9-16(10-13-25)21(26)24-11-14-27-17-5-2-1-3-6-17/h1-8,16H,9-15H2,(H,24,26). The van der Waals surface area contributed by atoms with Crippen LogP contribution in [0.3, 0.4) is 0 Å². The first-order valence-electron chi connectivity index (χ1n) is 9.24. The van der Waals surface area contributed by atoms with Gasteiger partial charge in [-0.15, -0.1) is 0 Å². The van der Waals surface area contributed by atoms with Crippen molar-refractivity contribution < 1.29 is 13.9 Å². The van der Waals surface area contributed by atoms with Crippen LogP contribution < -0.4 is 10.1 Å². The minimum absolute atomic E-state index is 0.00549. The van der Waals surface area contributed by atoms with Crippen molar-refractivity contribution in [2.24, 2.45) is 5.92 Å². The van der Waals surface area contributed by atoms with Crippen LogP contribution in [0.1, 0.15) is 18.4 Å². The quantitative estimate of drug-likeness (QED) is 0.729. The molecule has 0 bridgehead atoms. The Morgan fingerprint density at radius 3 is 2.59 bits per heavy atom. The zero-order chi connectivity index (χ0) is 19.1. The summed E-state index contributed by atoms with van der Waals surface area (Å²) in [5.41, 5.74) is 0.528. The Morgan fingerprint density at radius 1 is 1.15 bits per heavy atom. The highest BCUT2D eigenvalue weighted by Crippen LogP contribution is 2.24. The van der Waals surface area contributed by atoms with E-state index in [1.54, 1.807) is 12.1 Å². The van der Waals surface area contributed by atoms with Crippen LogP contribution in [-0.4, -0.2) is 37.0 Å². The number of nitrogens with one attached hydrogen (secondary N) is 1. The second kappa shape index (κ2) is 9.72. The van der Waals surface area contributed by atoms with E-state index >= 15 is 0 Å². The third kappa shape index (κ3) is 5.68. The van der Waals surface area contributed by atoms with E-state index < -0.39 is 0 Å². The van der Waals surface area contributed by atoms with Crippen LogP contribution >= 0.6 is 11.6 Å². The Labute approximate surface area is 164 Å². The Balaban J connectivity index is 1.38. The maximum atomic E-state index is 13.9. The summed E-state index contributed by atoms with van der Waals surface area (Å²) in [6.45, 7) is 2.91. The Kier molecular flexibility index (Phi) is 7.07. The first kappa shape index (κ1) is 19.6. The van der Waals surface area contributed by atoms with Crippen molar-refractivity contribution >= 4 is 17.5 Å². The van der Waals surface area contributed by atoms with E-state index in [9.17, 15) is 9.18 Å². The molecule has 0 unspecified atom stereocenters. The lowest BCUT2D eigenvalue weighted by atomic mass is 9.95. The maximum Gasteiger partial charge on any atom is 0.223 e. The second-order valence-corrected chi connectivity index (χ2v) is 7.11. The maximum absolute atomic E-state index is 13.9. The highest BCUT2D eigenvalue weighted by atomic mass is 35.5. The number of nitrogens with zero attached hydrogens (tertiary/aromatic N) is 1. The van der Waals surface area contributed by atoms with Crippen molar-refractivity contribution in [1.82, 2.24) is 10.2 Å². The van der Waals surface area contributed by atoms with E-state index in [-0.39, 0.29) is 17.6 Å². The predicted molar refractivity (Wildman–Crippen MR) is 104 cm³/mol. The normalized spacial score (nSPS) is 15.5. The smallest absolute Gasteiger partial charge is 0.223 e. The summed E-state index contributed by atoms with van der Waals surface area (Å²) in [7, 11) is 0. The minimum atomic E-state index is -0.277. The molecule has 3 rings (SSSR count). The number of carbonyl (C=O) groups is 1. The molecule has 144 valence electrons. The number of halogens is 2. The van der Waals surface area contributed by atoms with Gasteiger partial charge in [0.15, 0.2) is 0 Å². The van der Waals surface area contributed by atoms with E-state index in [2.05, 4.69) is 10.2 Å². The average molecular weight is 391 g/mol. The molecule has 0 saturated carbocycles. The summed E-state index contributed by atoms with van der Waals surface area (Å²) in [4.78, 5) is 14.5. The summed E-state index contributed by atoms with van der Waals surface area (Å²) in [5.74, 6) is 0.581. The van der Waals surface area contributed by atoms with E-state index in [0.717, 1.165) is 31.7 Å². The topological polar surface area (TPSA) is 41.6 Å². The first-order valence-corrected chi connectivity index (χ1v) is 9.62. The zero-order valence-corrected chi connectivity index (χ0v) is 15.9. The lowest BCUT2D eigenvalue weighted by Gasteiger charge is -2.31. The van der Waals surface area contributed by atoms with Gasteiger partial charge in [-0.05, 0) is 50.2 Å². The molecule has 0 atom stereocenters. The molecule has 1 aliphatic rings. The molecule has 2 aromatic rings. The summed E-state index contributed by atoms with van der Waals surface area (Å²) >= 11 is 6.10. The van der Waals surface area contributed by atoms with Crippen molar-refractivity contribution in [2.75, 3.05) is 26.2 Å². The predicted octanol–water partition coefficient (Wildman–Crippen LogP) is 3.89. The number of amides is 1. The van der Waals surface area contributed by atoms with Gasteiger partial charge < -0.3 is 10.1 Å². The molecule has 1 N–H and O–H groups in total. The minimum Gasteiger partial charge on any atom is -0.492 e. The molecule has 1 heterocycles. The second-order valence-electron chi connectivity index (χ2n) is 6.70. The van der Waals surface area contributed by atoms with Gasteiger partial charge in [0.1, 0.15) is 18.2 Å². The van der Waals surface area contributed by atoms with Gasteiger partial charge in [0.25, 0.3) is 0 Å². The molecule has 0 aromatic heterocycles. The van der Waals surface area contributed by atoms with E-state index in [0.29, 0.717) is 30.3 Å². The van der Waals surface area contributed by atoms with E-state index in [4.69, 9.17) is 16.3 Å². The number of likely N-dealkylation sites (tertiary alicyclic amines) is 1. The lowest BCUT2D eigenvalue weighted by molar-refractivity contribution is -0.126. The van der Waals surface area contributed by atoms with Gasteiger partial charge in [0.05, 0.1) is 6.54 Å². The summed E-state index contributed by atoms with van der Waals surface area (Å²) in [6.07, 6.45) is 1.52. The molecule has 4 nitrogen and oxygen atoms in total. The van der Waals surface area contributed by atoms with Gasteiger partial charge in [-0.1, -0.05) is 35.9 Å². The third-order valence-electron chi connectivity index (χ3n) is 4.82. The van der Waals surface area contributed by atoms with Gasteiger partial charge in [0, 0.05) is 23.0 Å². The number of rotatable bonds is 7. The van der Waals surface area contributed by atoms with Crippen molar-refractivity contribution in [1.29, 1.82) is 0 Å². The van der Waals surface area contributed by atoms with Gasteiger partial charge in [-0.2, -0.15) is 0 Å². The van der Waals surface area contributed by atoms with E-state index in [1.165, 1.54) is 6.07 Å². The van der Waals surface area contributed by atoms with E-state index in [1.807, 2.05) is 30.3 Å². The fraction of sp³-hybridized carbons (Fsp3) is 0.381. The van der Waals surface area contributed by atoms with Crippen LogP contribution in [-0.2, 0) is 11.3 Å². The summed E-state index contributed by atoms with van der Waals surface area (Å²) in [5, 5.41) is 3.39. The fourth-order valence-corrected chi connectivity index (χ4v) is 3.49. The zero-order valence-electron chi connectivity index (χ0n) is 15.2. The Hall–Kier alpha value is -2.11. The number of benzene rings is 2. The van der Waals surface area contributed by atoms with Crippen LogP contribution in [0, 0.1) is 11.7 Å². The van der Waals surface area contributed by atoms with Crippen molar-refractivity contribution in [2.45, 2.75) is 19.4 Å². The third-order valence-corrected chi connectivity index (χ3v) is 5.17. The lowest BCUT2D eigenvalue weighted by Crippen LogP contribution is -2.41. The van der Waals surface area contributed by atoms with Crippen molar-refractivity contribution in [3.63, 3.8) is 0 Å². The molecule has 1 amide bonds. The molecular weight excluding hydrogens is 367 g/mol. The molecule has 2 aromatic carbocycles. The van der Waals surface area contributed by atoms with Gasteiger partial charge in [-0.25, -0.2) is 4.39 Å². The average Bonchev–Trinajstić information content (AvgIpc) is 2.69. The molecule has 1 saturated heterocycles. The number of hydrogen-bond donors (Lipinski definition) is 1. The molecule has 0 radical (unpaired) electrons. The highest BCUT2D eigenvalue weighted by Gasteiger charge is 2.25. The van der Waals surface area contributed by atoms with Crippen LogP contribution in [0.4, 0.5) is 4.39 Å². The number of para-hydroxylation sites is 1. The van der Waals surface area contributed by atoms with Crippen LogP contribution in [0.5, 0.6) is 5.75 Å². The Morgan fingerprint density at radius 2 is 1.89 bits per heavy atom. The number of carbonyl (C=O) groups excluding carboxylic acids is 1. The largest absolute Gasteiger partial charge is 0.492 e. The highest BCUT2D eigenvalue weighted by molar-refractivity contribution is 6.31. The molecule has 1 aliphatic heterocycles. The molecular formula is C21H24ClFN2O2. The molecule has 0 spiro atoms. The number of ether oxygens (including phenoxy) is 1. The molecule has 0 aliphatic carbocycles. The van der Waals surface area contributed by atoms with Crippen molar-refractivity contribution in [3.8, 4) is 5.75 Å². The van der Waals surface area contributed by atoms with Crippen LogP contribution in [0.25, 0.3) is 0 Å². The van der Waals surface area contributed by atoms with Gasteiger partial charge >= 0.3 is 0 Å². The summed E-state index contributed by atoms with van der Waals surface area (Å²) < 4.78 is 19.5. The van der Waals surface area contributed by atoms with Crippen LogP contribution in [0.2, 0.25) is 5.02 Å². The van der Waals surface area contributed by atoms with Crippen LogP contribution in [0.15, 0.2) is 48.5 Å². The molecule has 27 heavy (non-hydrogen) atoms. The van der Waals surface area contributed by atoms with Crippen molar-refractivity contribution in [3.05, 3.63) is 64.9 Å². The SMILES string of the molecule is O=C(NCCOc1ccccc1)C1CCN(Cc2c(F)cccc2Cl)CC1. The number of piperidine rings is 1. The molecule has 6 heteroatoms. The fourth-order valence-electron chi connectivity index (χ4n) is 3.26. The molecule has 1 fully saturated rings. The first-order chi connectivity index (χ1) is 13.1. The summed E-state index contributed by atoms with van der Waals surface area (Å²) in [6, 6.07) is 14.3. The Bertz CT molecular complexity index is 729. The van der Waals surface area contributed by atoms with Gasteiger partial charge in [-0.3, -0.25) is 9.69 Å². The number of hydrogen-bond acceptors (Lipinski definition) is 3. The monoisotopic (exact) mass is 390 g/mol. The van der Waals surface area contributed by atoms with Gasteiger partial charge in [0.2, 0.25) is 5.91 Å².